The predicted molar refractivity (Wildman–Crippen MR) is 56.7 cm³/mol. The Morgan fingerprint density at radius 3 is 2.62 bits per heavy atom. The van der Waals surface area contributed by atoms with Gasteiger partial charge in [-0.05, 0) is 31.9 Å². The number of aromatic amines is 1. The van der Waals surface area contributed by atoms with Crippen LogP contribution in [0.2, 0.25) is 0 Å². The maximum Gasteiger partial charge on any atom is 0.0450 e. The summed E-state index contributed by atoms with van der Waals surface area (Å²) in [6, 6.07) is 2.34. The summed E-state index contributed by atoms with van der Waals surface area (Å²) in [6.45, 7) is 6.38. The van der Waals surface area contributed by atoms with E-state index in [4.69, 9.17) is 5.73 Å². The van der Waals surface area contributed by atoms with Crippen LogP contribution >= 0.6 is 0 Å². The predicted octanol–water partition coefficient (Wildman–Crippen LogP) is 2.82. The van der Waals surface area contributed by atoms with E-state index in [1.807, 2.05) is 0 Å². The van der Waals surface area contributed by atoms with Gasteiger partial charge in [-0.1, -0.05) is 19.8 Å². The van der Waals surface area contributed by atoms with E-state index in [2.05, 4.69) is 31.8 Å². The largest absolute Gasteiger partial charge is 0.361 e. The summed E-state index contributed by atoms with van der Waals surface area (Å²) in [6.07, 6.45) is 3.50. The van der Waals surface area contributed by atoms with Gasteiger partial charge in [0.05, 0.1) is 0 Å². The van der Waals surface area contributed by atoms with E-state index in [0.717, 1.165) is 6.42 Å². The summed E-state index contributed by atoms with van der Waals surface area (Å²) in [7, 11) is 0. The van der Waals surface area contributed by atoms with Gasteiger partial charge in [-0.25, -0.2) is 0 Å². The van der Waals surface area contributed by atoms with Crippen molar-refractivity contribution in [3.05, 3.63) is 23.0 Å². The van der Waals surface area contributed by atoms with E-state index < -0.39 is 0 Å². The number of rotatable bonds is 4. The molecule has 1 unspecified atom stereocenters. The number of nitrogens with two attached hydrogens (primary N) is 1. The smallest absolute Gasteiger partial charge is 0.0450 e. The zero-order valence-corrected chi connectivity index (χ0v) is 8.85. The number of hydrogen-bond acceptors (Lipinski definition) is 1. The molecule has 0 saturated heterocycles. The van der Waals surface area contributed by atoms with Crippen molar-refractivity contribution in [2.45, 2.75) is 46.1 Å². The zero-order chi connectivity index (χ0) is 9.84. The molecule has 0 amide bonds. The molecule has 0 saturated carbocycles. The van der Waals surface area contributed by atoms with E-state index in [1.54, 1.807) is 0 Å². The van der Waals surface area contributed by atoms with Crippen molar-refractivity contribution in [2.24, 2.45) is 5.73 Å². The highest BCUT2D eigenvalue weighted by atomic mass is 14.8. The van der Waals surface area contributed by atoms with Crippen molar-refractivity contribution in [3.8, 4) is 0 Å². The quantitative estimate of drug-likeness (QED) is 0.735. The number of aryl methyl sites for hydroxylation is 2. The fourth-order valence-corrected chi connectivity index (χ4v) is 1.70. The Morgan fingerprint density at radius 1 is 1.46 bits per heavy atom. The van der Waals surface area contributed by atoms with Gasteiger partial charge in [-0.2, -0.15) is 0 Å². The third-order valence-corrected chi connectivity index (χ3v) is 2.43. The second-order valence-electron chi connectivity index (χ2n) is 3.80. The lowest BCUT2D eigenvalue weighted by Gasteiger charge is -2.10. The van der Waals surface area contributed by atoms with Gasteiger partial charge in [0.15, 0.2) is 0 Å². The molecule has 0 fully saturated rings. The van der Waals surface area contributed by atoms with Gasteiger partial charge in [-0.15, -0.1) is 0 Å². The average molecular weight is 180 g/mol. The maximum atomic E-state index is 6.06. The van der Waals surface area contributed by atoms with Crippen LogP contribution in [0.15, 0.2) is 6.07 Å². The number of nitrogens with one attached hydrogen (secondary N) is 1. The van der Waals surface area contributed by atoms with Crippen LogP contribution in [-0.2, 0) is 0 Å². The molecule has 2 heteroatoms. The van der Waals surface area contributed by atoms with Gasteiger partial charge in [0.2, 0.25) is 0 Å². The Bertz CT molecular complexity index is 263. The van der Waals surface area contributed by atoms with Crippen molar-refractivity contribution in [3.63, 3.8) is 0 Å². The summed E-state index contributed by atoms with van der Waals surface area (Å²) in [4.78, 5) is 3.33. The fourth-order valence-electron chi connectivity index (χ4n) is 1.70. The van der Waals surface area contributed by atoms with Gasteiger partial charge in [0, 0.05) is 17.4 Å². The Morgan fingerprint density at radius 2 is 2.15 bits per heavy atom. The molecule has 1 rings (SSSR count). The van der Waals surface area contributed by atoms with Crippen LogP contribution in [0.1, 0.15) is 49.2 Å². The first-order valence-corrected chi connectivity index (χ1v) is 5.06. The Labute approximate surface area is 80.5 Å². The molecule has 1 aromatic rings. The van der Waals surface area contributed by atoms with E-state index in [1.165, 1.54) is 29.8 Å². The summed E-state index contributed by atoms with van der Waals surface area (Å²) in [5.41, 5.74) is 9.78. The lowest BCUT2D eigenvalue weighted by atomic mass is 10.1. The van der Waals surface area contributed by atoms with Crippen molar-refractivity contribution in [1.82, 2.24) is 4.98 Å². The SMILES string of the molecule is CCCCC(N)c1[nH]c(C)cc1C. The van der Waals surface area contributed by atoms with Gasteiger partial charge >= 0.3 is 0 Å². The van der Waals surface area contributed by atoms with E-state index in [0.29, 0.717) is 0 Å². The van der Waals surface area contributed by atoms with Crippen LogP contribution in [0.4, 0.5) is 0 Å². The standard InChI is InChI=1S/C11H20N2/c1-4-5-6-10(12)11-8(2)7-9(3)13-11/h7,10,13H,4-6,12H2,1-3H3. The number of H-pyrrole nitrogens is 1. The van der Waals surface area contributed by atoms with Gasteiger partial charge in [-0.3, -0.25) is 0 Å². The molecule has 1 aromatic heterocycles. The normalized spacial score (nSPS) is 13.2. The third kappa shape index (κ3) is 2.59. The molecule has 1 atom stereocenters. The molecular weight excluding hydrogens is 160 g/mol. The van der Waals surface area contributed by atoms with Crippen LogP contribution in [0, 0.1) is 13.8 Å². The molecule has 0 radical (unpaired) electrons. The Kier molecular flexibility index (Phi) is 3.55. The Hall–Kier alpha value is -0.760. The molecule has 0 bridgehead atoms. The first-order chi connectivity index (χ1) is 6.15. The molecule has 0 aromatic carbocycles. The van der Waals surface area contributed by atoms with Crippen LogP contribution in [0.25, 0.3) is 0 Å². The molecule has 0 aliphatic carbocycles. The fraction of sp³-hybridized carbons (Fsp3) is 0.636. The molecule has 0 spiro atoms. The minimum absolute atomic E-state index is 0.189. The van der Waals surface area contributed by atoms with Gasteiger partial charge < -0.3 is 10.7 Å². The summed E-state index contributed by atoms with van der Waals surface area (Å²) in [5, 5.41) is 0. The summed E-state index contributed by atoms with van der Waals surface area (Å²) in [5.74, 6) is 0. The minimum Gasteiger partial charge on any atom is -0.361 e. The van der Waals surface area contributed by atoms with Crippen molar-refractivity contribution in [2.75, 3.05) is 0 Å². The molecule has 3 N–H and O–H groups in total. The van der Waals surface area contributed by atoms with Crippen molar-refractivity contribution in [1.29, 1.82) is 0 Å². The second kappa shape index (κ2) is 4.47. The maximum absolute atomic E-state index is 6.06. The highest BCUT2D eigenvalue weighted by Gasteiger charge is 2.10. The lowest BCUT2D eigenvalue weighted by molar-refractivity contribution is 0.590. The number of aromatic nitrogens is 1. The molecule has 0 aliphatic rings. The first-order valence-electron chi connectivity index (χ1n) is 5.06. The highest BCUT2D eigenvalue weighted by Crippen LogP contribution is 2.20. The molecule has 2 nitrogen and oxygen atoms in total. The molecule has 1 heterocycles. The van der Waals surface area contributed by atoms with E-state index >= 15 is 0 Å². The topological polar surface area (TPSA) is 41.8 Å². The molecule has 13 heavy (non-hydrogen) atoms. The first kappa shape index (κ1) is 10.3. The third-order valence-electron chi connectivity index (χ3n) is 2.43. The summed E-state index contributed by atoms with van der Waals surface area (Å²) < 4.78 is 0. The minimum atomic E-state index is 0.189. The summed E-state index contributed by atoms with van der Waals surface area (Å²) >= 11 is 0. The van der Waals surface area contributed by atoms with Crippen LogP contribution < -0.4 is 5.73 Å². The van der Waals surface area contributed by atoms with Crippen LogP contribution in [0.3, 0.4) is 0 Å². The van der Waals surface area contributed by atoms with Crippen molar-refractivity contribution < 1.29 is 0 Å². The van der Waals surface area contributed by atoms with E-state index in [-0.39, 0.29) is 6.04 Å². The van der Waals surface area contributed by atoms with Gasteiger partial charge in [0.25, 0.3) is 0 Å². The number of hydrogen-bond donors (Lipinski definition) is 2. The van der Waals surface area contributed by atoms with Crippen LogP contribution in [0.5, 0.6) is 0 Å². The molecule has 0 aliphatic heterocycles. The Balaban J connectivity index is 2.64. The lowest BCUT2D eigenvalue weighted by Crippen LogP contribution is -2.11. The van der Waals surface area contributed by atoms with Gasteiger partial charge in [0.1, 0.15) is 0 Å². The molecular formula is C11H20N2. The van der Waals surface area contributed by atoms with Crippen molar-refractivity contribution >= 4 is 0 Å². The monoisotopic (exact) mass is 180 g/mol. The second-order valence-corrected chi connectivity index (χ2v) is 3.80. The van der Waals surface area contributed by atoms with Crippen LogP contribution in [-0.4, -0.2) is 4.98 Å². The average Bonchev–Trinajstić information content (AvgIpc) is 2.41. The highest BCUT2D eigenvalue weighted by molar-refractivity contribution is 5.26. The molecule has 74 valence electrons. The zero-order valence-electron chi connectivity index (χ0n) is 8.85. The van der Waals surface area contributed by atoms with E-state index in [9.17, 15) is 0 Å². The number of unbranched alkanes of at least 4 members (excludes halogenated alkanes) is 1.